The van der Waals surface area contributed by atoms with E-state index in [1.807, 2.05) is 25.1 Å². The monoisotopic (exact) mass is 440 g/mol. The van der Waals surface area contributed by atoms with Crippen LogP contribution < -0.4 is 14.4 Å². The van der Waals surface area contributed by atoms with Gasteiger partial charge in [-0.25, -0.2) is 4.79 Å². The number of amides is 1. The van der Waals surface area contributed by atoms with E-state index in [-0.39, 0.29) is 12.3 Å². The molecule has 1 amide bonds. The second-order valence-electron chi connectivity index (χ2n) is 7.08. The number of hydrogen-bond donors (Lipinski definition) is 0. The number of nitro benzene ring substituents is 1. The molecular weight excluding hydrogens is 416 g/mol. The van der Waals surface area contributed by atoms with Crippen molar-refractivity contribution in [3.63, 3.8) is 0 Å². The Morgan fingerprint density at radius 1 is 1.16 bits per heavy atom. The number of nitrogens with zero attached hydrogens (tertiary/aromatic N) is 2. The minimum atomic E-state index is -0.695. The van der Waals surface area contributed by atoms with Crippen LogP contribution in [0.2, 0.25) is 0 Å². The van der Waals surface area contributed by atoms with Crippen LogP contribution >= 0.6 is 0 Å². The van der Waals surface area contributed by atoms with Gasteiger partial charge in [0.15, 0.2) is 24.7 Å². The topological polar surface area (TPSA) is 108 Å². The first-order valence-corrected chi connectivity index (χ1v) is 10.1. The van der Waals surface area contributed by atoms with Crippen LogP contribution in [0.4, 0.5) is 11.4 Å². The number of allylic oxidation sites excluding steroid dienone is 1. The number of non-ortho nitro benzene ring substituents is 1. The lowest BCUT2D eigenvalue weighted by Crippen LogP contribution is -2.38. The van der Waals surface area contributed by atoms with Crippen LogP contribution in [0.5, 0.6) is 11.5 Å². The van der Waals surface area contributed by atoms with Gasteiger partial charge in [-0.2, -0.15) is 0 Å². The summed E-state index contributed by atoms with van der Waals surface area (Å²) in [6.45, 7) is 1.53. The highest BCUT2D eigenvalue weighted by Crippen LogP contribution is 2.31. The largest absolute Gasteiger partial charge is 0.493 e. The molecule has 168 valence electrons. The minimum absolute atomic E-state index is 0.0178. The summed E-state index contributed by atoms with van der Waals surface area (Å²) >= 11 is 0. The standard InChI is InChI=1S/C23H24N2O7/c1-3-5-16-7-10-20(21(12-16)30-2)31-15-23(27)32-14-22(26)24-11-4-6-17-13-18(25(28)29)8-9-19(17)24/h3,5,7-10,12-13H,4,6,11,14-15H2,1-2H3/b5-3+. The zero-order valence-corrected chi connectivity index (χ0v) is 17.9. The molecule has 1 aliphatic rings. The maximum atomic E-state index is 12.6. The minimum Gasteiger partial charge on any atom is -0.493 e. The molecule has 9 heteroatoms. The molecule has 0 fully saturated rings. The highest BCUT2D eigenvalue weighted by Gasteiger charge is 2.25. The first kappa shape index (κ1) is 22.8. The van der Waals surface area contributed by atoms with E-state index in [0.29, 0.717) is 36.6 Å². The van der Waals surface area contributed by atoms with E-state index >= 15 is 0 Å². The molecule has 3 rings (SSSR count). The molecule has 0 radical (unpaired) electrons. The van der Waals surface area contributed by atoms with Crippen molar-refractivity contribution in [2.45, 2.75) is 19.8 Å². The van der Waals surface area contributed by atoms with Crippen molar-refractivity contribution >= 4 is 29.3 Å². The number of fused-ring (bicyclic) bond motifs is 1. The molecule has 0 saturated carbocycles. The fraction of sp³-hybridized carbons (Fsp3) is 0.304. The molecule has 1 aliphatic heterocycles. The summed E-state index contributed by atoms with van der Waals surface area (Å²) in [7, 11) is 1.50. The van der Waals surface area contributed by atoms with Crippen molar-refractivity contribution in [3.05, 3.63) is 63.7 Å². The Labute approximate surface area is 185 Å². The van der Waals surface area contributed by atoms with E-state index in [1.54, 1.807) is 18.2 Å². The Balaban J connectivity index is 1.56. The Morgan fingerprint density at radius 2 is 1.97 bits per heavy atom. The van der Waals surface area contributed by atoms with Gasteiger partial charge in [-0.3, -0.25) is 14.9 Å². The summed E-state index contributed by atoms with van der Waals surface area (Å²) in [5, 5.41) is 11.0. The van der Waals surface area contributed by atoms with E-state index in [4.69, 9.17) is 14.2 Å². The summed E-state index contributed by atoms with van der Waals surface area (Å²) < 4.78 is 15.8. The highest BCUT2D eigenvalue weighted by atomic mass is 16.6. The van der Waals surface area contributed by atoms with E-state index in [9.17, 15) is 19.7 Å². The smallest absolute Gasteiger partial charge is 0.344 e. The average molecular weight is 440 g/mol. The normalized spacial score (nSPS) is 12.9. The second kappa shape index (κ2) is 10.4. The Kier molecular flexibility index (Phi) is 7.43. The molecule has 2 aromatic rings. The van der Waals surface area contributed by atoms with Crippen molar-refractivity contribution in [1.29, 1.82) is 0 Å². The number of methoxy groups -OCH3 is 1. The molecule has 0 aliphatic carbocycles. The van der Waals surface area contributed by atoms with Gasteiger partial charge in [0.05, 0.1) is 12.0 Å². The molecule has 0 bridgehead atoms. The Hall–Kier alpha value is -3.88. The van der Waals surface area contributed by atoms with Gasteiger partial charge in [-0.1, -0.05) is 18.2 Å². The van der Waals surface area contributed by atoms with Gasteiger partial charge in [0, 0.05) is 24.4 Å². The molecule has 1 heterocycles. The summed E-state index contributed by atoms with van der Waals surface area (Å²) in [5.41, 5.74) is 2.24. The van der Waals surface area contributed by atoms with Crippen molar-refractivity contribution in [2.75, 3.05) is 31.8 Å². The molecule has 0 aromatic heterocycles. The summed E-state index contributed by atoms with van der Waals surface area (Å²) in [6.07, 6.45) is 5.11. The number of ether oxygens (including phenoxy) is 3. The molecule has 0 atom stereocenters. The Bertz CT molecular complexity index is 1050. The quantitative estimate of drug-likeness (QED) is 0.351. The number of esters is 1. The zero-order valence-electron chi connectivity index (χ0n) is 17.9. The lowest BCUT2D eigenvalue weighted by Gasteiger charge is -2.29. The van der Waals surface area contributed by atoms with Crippen LogP contribution in [0.1, 0.15) is 24.5 Å². The van der Waals surface area contributed by atoms with Gasteiger partial charge in [-0.05, 0) is 49.1 Å². The number of nitro groups is 1. The third-order valence-corrected chi connectivity index (χ3v) is 4.94. The maximum absolute atomic E-state index is 12.6. The van der Waals surface area contributed by atoms with Crippen molar-refractivity contribution in [2.24, 2.45) is 0 Å². The average Bonchev–Trinajstić information content (AvgIpc) is 2.80. The lowest BCUT2D eigenvalue weighted by atomic mass is 10.0. The third-order valence-electron chi connectivity index (χ3n) is 4.94. The number of carbonyl (C=O) groups is 2. The summed E-state index contributed by atoms with van der Waals surface area (Å²) in [5.74, 6) is -0.237. The molecule has 2 aromatic carbocycles. The number of benzene rings is 2. The third kappa shape index (κ3) is 5.42. The second-order valence-corrected chi connectivity index (χ2v) is 7.08. The van der Waals surface area contributed by atoms with Gasteiger partial charge in [0.2, 0.25) is 0 Å². The van der Waals surface area contributed by atoms with Gasteiger partial charge < -0.3 is 19.1 Å². The predicted octanol–water partition coefficient (Wildman–Crippen LogP) is 3.54. The maximum Gasteiger partial charge on any atom is 0.344 e. The van der Waals surface area contributed by atoms with Crippen molar-refractivity contribution < 1.29 is 28.7 Å². The molecule has 9 nitrogen and oxygen atoms in total. The van der Waals surface area contributed by atoms with Crippen LogP contribution in [-0.2, 0) is 20.7 Å². The van der Waals surface area contributed by atoms with Crippen LogP contribution in [-0.4, -0.2) is 43.7 Å². The molecular formula is C23H24N2O7. The number of anilines is 1. The highest BCUT2D eigenvalue weighted by molar-refractivity contribution is 5.96. The predicted molar refractivity (Wildman–Crippen MR) is 118 cm³/mol. The van der Waals surface area contributed by atoms with Crippen LogP contribution in [0.15, 0.2) is 42.5 Å². The first-order valence-electron chi connectivity index (χ1n) is 10.1. The fourth-order valence-corrected chi connectivity index (χ4v) is 3.45. The molecule has 0 saturated heterocycles. The lowest BCUT2D eigenvalue weighted by molar-refractivity contribution is -0.384. The van der Waals surface area contributed by atoms with E-state index in [0.717, 1.165) is 11.1 Å². The summed E-state index contributed by atoms with van der Waals surface area (Å²) in [6, 6.07) is 9.69. The Morgan fingerprint density at radius 3 is 2.69 bits per heavy atom. The number of rotatable bonds is 8. The van der Waals surface area contributed by atoms with Gasteiger partial charge in [0.1, 0.15) is 0 Å². The van der Waals surface area contributed by atoms with Crippen LogP contribution in [0.25, 0.3) is 6.08 Å². The molecule has 0 N–H and O–H groups in total. The van der Waals surface area contributed by atoms with E-state index in [2.05, 4.69) is 0 Å². The van der Waals surface area contributed by atoms with E-state index < -0.39 is 23.4 Å². The van der Waals surface area contributed by atoms with Gasteiger partial charge in [-0.15, -0.1) is 0 Å². The van der Waals surface area contributed by atoms with Gasteiger partial charge >= 0.3 is 5.97 Å². The SMILES string of the molecule is C/C=C/c1ccc(OCC(=O)OCC(=O)N2CCCc3cc([N+](=O)[O-])ccc32)c(OC)c1. The van der Waals surface area contributed by atoms with Crippen LogP contribution in [0, 0.1) is 10.1 Å². The van der Waals surface area contributed by atoms with Crippen molar-refractivity contribution in [3.8, 4) is 11.5 Å². The van der Waals surface area contributed by atoms with Gasteiger partial charge in [0.25, 0.3) is 11.6 Å². The summed E-state index contributed by atoms with van der Waals surface area (Å²) in [4.78, 5) is 36.7. The number of aryl methyl sites for hydroxylation is 1. The fourth-order valence-electron chi connectivity index (χ4n) is 3.45. The number of carbonyl (C=O) groups excluding carboxylic acids is 2. The molecule has 32 heavy (non-hydrogen) atoms. The first-order chi connectivity index (χ1) is 15.4. The zero-order chi connectivity index (χ0) is 23.1. The van der Waals surface area contributed by atoms with Crippen molar-refractivity contribution in [1.82, 2.24) is 0 Å². The molecule has 0 spiro atoms. The van der Waals surface area contributed by atoms with Crippen LogP contribution in [0.3, 0.4) is 0 Å². The number of hydrogen-bond acceptors (Lipinski definition) is 7. The van der Waals surface area contributed by atoms with E-state index in [1.165, 1.54) is 24.1 Å². The molecule has 0 unspecified atom stereocenters.